The number of nitrogens with one attached hydrogen (secondary N) is 1. The molecule has 1 aromatic carbocycles. The van der Waals surface area contributed by atoms with E-state index in [1.54, 1.807) is 18.2 Å². The molecule has 0 radical (unpaired) electrons. The van der Waals surface area contributed by atoms with Crippen LogP contribution in [-0.4, -0.2) is 67.7 Å². The van der Waals surface area contributed by atoms with Crippen molar-refractivity contribution in [2.24, 2.45) is 5.92 Å². The number of likely N-dealkylation sites (tertiary alicyclic amines) is 2. The van der Waals surface area contributed by atoms with Crippen LogP contribution in [0.4, 0.5) is 0 Å². The maximum atomic E-state index is 12.9. The highest BCUT2D eigenvalue weighted by atomic mass is 16.7. The van der Waals surface area contributed by atoms with Gasteiger partial charge in [0.25, 0.3) is 5.91 Å². The molecule has 2 fully saturated rings. The first-order chi connectivity index (χ1) is 12.7. The molecule has 0 aromatic heterocycles. The Morgan fingerprint density at radius 1 is 1.27 bits per heavy atom. The number of benzene rings is 1. The van der Waals surface area contributed by atoms with Crippen LogP contribution in [0.1, 0.15) is 29.6 Å². The summed E-state index contributed by atoms with van der Waals surface area (Å²) in [5.74, 6) is 1.95. The fraction of sp³-hybridized carbons (Fsp3) is 0.579. The lowest BCUT2D eigenvalue weighted by Gasteiger charge is -2.47. The number of fused-ring (bicyclic) bond motifs is 2. The first-order valence-corrected chi connectivity index (χ1v) is 9.30. The second-order valence-corrected chi connectivity index (χ2v) is 7.16. The van der Waals surface area contributed by atoms with E-state index in [0.717, 1.165) is 25.9 Å². The van der Waals surface area contributed by atoms with Crippen molar-refractivity contribution in [2.75, 3.05) is 40.0 Å². The number of piperidine rings is 2. The van der Waals surface area contributed by atoms with E-state index in [4.69, 9.17) is 9.47 Å². The Bertz CT molecular complexity index is 708. The van der Waals surface area contributed by atoms with Crippen molar-refractivity contribution in [3.8, 4) is 11.5 Å². The molecule has 3 heterocycles. The third-order valence-corrected chi connectivity index (χ3v) is 5.65. The number of hydrogen-bond donors (Lipinski definition) is 1. The highest BCUT2D eigenvalue weighted by molar-refractivity contribution is 5.95. The quantitative estimate of drug-likeness (QED) is 0.871. The standard InChI is InChI=1S/C19H25N3O4/c1-20-7-9-22-15-6-8-21(11-14(15)3-5-18(22)23)19(24)13-2-4-16-17(10-13)26-12-25-16/h2,4,10,14-15,20H,3,5-9,11-12H2,1H3/t14-,15+/m0/s1. The molecule has 2 amide bonds. The smallest absolute Gasteiger partial charge is 0.254 e. The van der Waals surface area contributed by atoms with E-state index in [2.05, 4.69) is 5.32 Å². The number of hydrogen-bond acceptors (Lipinski definition) is 5. The van der Waals surface area contributed by atoms with Gasteiger partial charge in [0.15, 0.2) is 11.5 Å². The van der Waals surface area contributed by atoms with Crippen molar-refractivity contribution in [3.05, 3.63) is 23.8 Å². The second-order valence-electron chi connectivity index (χ2n) is 7.16. The number of rotatable bonds is 4. The highest BCUT2D eigenvalue weighted by Gasteiger charge is 2.40. The average molecular weight is 359 g/mol. The van der Waals surface area contributed by atoms with Crippen LogP contribution in [0.3, 0.4) is 0 Å². The molecule has 2 saturated heterocycles. The Hall–Kier alpha value is -2.28. The fourth-order valence-electron chi connectivity index (χ4n) is 4.27. The molecule has 140 valence electrons. The minimum absolute atomic E-state index is 0.0282. The minimum atomic E-state index is 0.0282. The molecule has 3 aliphatic heterocycles. The molecule has 0 bridgehead atoms. The Kier molecular flexibility index (Phi) is 4.72. The van der Waals surface area contributed by atoms with Crippen molar-refractivity contribution in [1.29, 1.82) is 0 Å². The number of nitrogens with zero attached hydrogens (tertiary/aromatic N) is 2. The molecule has 3 aliphatic rings. The summed E-state index contributed by atoms with van der Waals surface area (Å²) in [4.78, 5) is 29.2. The molecular weight excluding hydrogens is 334 g/mol. The van der Waals surface area contributed by atoms with Gasteiger partial charge in [-0.2, -0.15) is 0 Å². The minimum Gasteiger partial charge on any atom is -0.454 e. The Morgan fingerprint density at radius 2 is 2.12 bits per heavy atom. The predicted octanol–water partition coefficient (Wildman–Crippen LogP) is 1.09. The van der Waals surface area contributed by atoms with E-state index in [9.17, 15) is 9.59 Å². The highest BCUT2D eigenvalue weighted by Crippen LogP contribution is 2.34. The molecule has 0 saturated carbocycles. The lowest BCUT2D eigenvalue weighted by molar-refractivity contribution is -0.140. The second kappa shape index (κ2) is 7.15. The zero-order valence-corrected chi connectivity index (χ0v) is 15.1. The predicted molar refractivity (Wildman–Crippen MR) is 95.2 cm³/mol. The summed E-state index contributed by atoms with van der Waals surface area (Å²) in [6.07, 6.45) is 2.29. The zero-order chi connectivity index (χ0) is 18.1. The molecule has 0 unspecified atom stereocenters. The number of likely N-dealkylation sites (N-methyl/N-ethyl adjacent to an activating group) is 1. The molecule has 26 heavy (non-hydrogen) atoms. The third kappa shape index (κ3) is 3.11. The molecule has 1 N–H and O–H groups in total. The summed E-state index contributed by atoms with van der Waals surface area (Å²) in [5, 5.41) is 3.12. The van der Waals surface area contributed by atoms with Crippen LogP contribution in [0.15, 0.2) is 18.2 Å². The van der Waals surface area contributed by atoms with Crippen LogP contribution >= 0.6 is 0 Å². The maximum Gasteiger partial charge on any atom is 0.254 e. The molecular formula is C19H25N3O4. The van der Waals surface area contributed by atoms with Crippen molar-refractivity contribution in [1.82, 2.24) is 15.1 Å². The summed E-state index contributed by atoms with van der Waals surface area (Å²) in [6, 6.07) is 5.61. The van der Waals surface area contributed by atoms with Gasteiger partial charge in [-0.05, 0) is 44.0 Å². The van der Waals surface area contributed by atoms with Crippen molar-refractivity contribution in [2.45, 2.75) is 25.3 Å². The molecule has 7 heteroatoms. The summed E-state index contributed by atoms with van der Waals surface area (Å²) >= 11 is 0. The molecule has 4 rings (SSSR count). The molecule has 7 nitrogen and oxygen atoms in total. The monoisotopic (exact) mass is 359 g/mol. The van der Waals surface area contributed by atoms with Crippen LogP contribution in [-0.2, 0) is 4.79 Å². The number of ether oxygens (including phenoxy) is 2. The van der Waals surface area contributed by atoms with Gasteiger partial charge in [0.05, 0.1) is 0 Å². The number of carbonyl (C=O) groups is 2. The van der Waals surface area contributed by atoms with Gasteiger partial charge in [0.2, 0.25) is 12.7 Å². The van der Waals surface area contributed by atoms with Crippen molar-refractivity contribution < 1.29 is 19.1 Å². The maximum absolute atomic E-state index is 12.9. The van der Waals surface area contributed by atoms with Gasteiger partial charge in [-0.1, -0.05) is 0 Å². The number of carbonyl (C=O) groups excluding carboxylic acids is 2. The first kappa shape index (κ1) is 17.1. The Labute approximate surface area is 153 Å². The van der Waals surface area contributed by atoms with E-state index in [1.807, 2.05) is 16.8 Å². The molecule has 2 atom stereocenters. The average Bonchev–Trinajstić information content (AvgIpc) is 3.14. The molecule has 0 spiro atoms. The van der Waals surface area contributed by atoms with E-state index in [0.29, 0.717) is 42.5 Å². The lowest BCUT2D eigenvalue weighted by atomic mass is 9.83. The number of amides is 2. The molecule has 0 aliphatic carbocycles. The van der Waals surface area contributed by atoms with Gasteiger partial charge >= 0.3 is 0 Å². The van der Waals surface area contributed by atoms with Gasteiger partial charge in [-0.15, -0.1) is 0 Å². The summed E-state index contributed by atoms with van der Waals surface area (Å²) in [6.45, 7) is 3.14. The van der Waals surface area contributed by atoms with Crippen molar-refractivity contribution >= 4 is 11.8 Å². The van der Waals surface area contributed by atoms with Gasteiger partial charge < -0.3 is 24.6 Å². The van der Waals surface area contributed by atoms with Crippen LogP contribution in [0.25, 0.3) is 0 Å². The van der Waals surface area contributed by atoms with E-state index in [-0.39, 0.29) is 24.6 Å². The van der Waals surface area contributed by atoms with E-state index in [1.165, 1.54) is 0 Å². The van der Waals surface area contributed by atoms with E-state index < -0.39 is 0 Å². The van der Waals surface area contributed by atoms with Gasteiger partial charge in [-0.25, -0.2) is 0 Å². The van der Waals surface area contributed by atoms with Gasteiger partial charge in [0.1, 0.15) is 0 Å². The summed E-state index contributed by atoms with van der Waals surface area (Å²) in [5.41, 5.74) is 0.631. The zero-order valence-electron chi connectivity index (χ0n) is 15.1. The van der Waals surface area contributed by atoms with E-state index >= 15 is 0 Å². The van der Waals surface area contributed by atoms with Gasteiger partial charge in [0, 0.05) is 44.2 Å². The summed E-state index contributed by atoms with van der Waals surface area (Å²) in [7, 11) is 1.90. The van der Waals surface area contributed by atoms with Crippen LogP contribution in [0.5, 0.6) is 11.5 Å². The Morgan fingerprint density at radius 3 is 2.96 bits per heavy atom. The third-order valence-electron chi connectivity index (χ3n) is 5.65. The lowest BCUT2D eigenvalue weighted by Crippen LogP contribution is -2.57. The fourth-order valence-corrected chi connectivity index (χ4v) is 4.27. The van der Waals surface area contributed by atoms with Crippen LogP contribution in [0.2, 0.25) is 0 Å². The SMILES string of the molecule is CNCCN1C(=O)CC[C@H]2CN(C(=O)c3ccc4c(c3)OCO4)CC[C@H]21. The Balaban J connectivity index is 1.44. The largest absolute Gasteiger partial charge is 0.454 e. The van der Waals surface area contributed by atoms with Gasteiger partial charge in [-0.3, -0.25) is 9.59 Å². The topological polar surface area (TPSA) is 71.1 Å². The normalized spacial score (nSPS) is 24.6. The first-order valence-electron chi connectivity index (χ1n) is 9.30. The molecule has 1 aromatic rings. The van der Waals surface area contributed by atoms with Crippen LogP contribution in [0, 0.1) is 5.92 Å². The van der Waals surface area contributed by atoms with Crippen LogP contribution < -0.4 is 14.8 Å². The summed E-state index contributed by atoms with van der Waals surface area (Å²) < 4.78 is 10.7. The van der Waals surface area contributed by atoms with Crippen molar-refractivity contribution in [3.63, 3.8) is 0 Å².